The predicted octanol–water partition coefficient (Wildman–Crippen LogP) is 3.42. The maximum absolute atomic E-state index is 12.6. The molecule has 7 nitrogen and oxygen atoms in total. The van der Waals surface area contributed by atoms with Gasteiger partial charge in [-0.3, -0.25) is 4.79 Å². The molecular weight excluding hydrogens is 380 g/mol. The van der Waals surface area contributed by atoms with Gasteiger partial charge in [0.25, 0.3) is 5.91 Å². The van der Waals surface area contributed by atoms with Crippen molar-refractivity contribution in [2.45, 2.75) is 45.6 Å². The molecule has 0 bridgehead atoms. The van der Waals surface area contributed by atoms with Crippen molar-refractivity contribution >= 4 is 29.4 Å². The number of hydrogen-bond donors (Lipinski definition) is 0. The number of nitrogens with zero attached hydrogens (tertiary/aromatic N) is 4. The number of aromatic nitrogens is 1. The van der Waals surface area contributed by atoms with Gasteiger partial charge in [0.1, 0.15) is 11.4 Å². The maximum Gasteiger partial charge on any atom is 0.410 e. The quantitative estimate of drug-likeness (QED) is 0.750. The summed E-state index contributed by atoms with van der Waals surface area (Å²) in [4.78, 5) is 34.9. The number of halogens is 1. The summed E-state index contributed by atoms with van der Waals surface area (Å²) in [6.07, 6.45) is 4.59. The summed E-state index contributed by atoms with van der Waals surface area (Å²) in [6, 6.07) is 1.71. The van der Waals surface area contributed by atoms with Crippen LogP contribution in [0.25, 0.3) is 0 Å². The van der Waals surface area contributed by atoms with Gasteiger partial charge in [-0.05, 0) is 46.1 Å². The summed E-state index contributed by atoms with van der Waals surface area (Å²) in [7, 11) is 0. The van der Waals surface area contributed by atoms with Crippen LogP contribution in [0.3, 0.4) is 0 Å². The molecule has 2 fully saturated rings. The van der Waals surface area contributed by atoms with Crippen molar-refractivity contribution in [3.63, 3.8) is 0 Å². The second kappa shape index (κ2) is 8.55. The first-order valence-corrected chi connectivity index (χ1v) is 10.3. The molecule has 3 rings (SSSR count). The molecule has 0 aromatic carbocycles. The average Bonchev–Trinajstić information content (AvgIpc) is 2.67. The number of piperidine rings is 1. The van der Waals surface area contributed by atoms with E-state index < -0.39 is 5.60 Å². The Morgan fingerprint density at radius 1 is 1.00 bits per heavy atom. The Bertz CT molecular complexity index is 721. The van der Waals surface area contributed by atoms with Crippen molar-refractivity contribution in [3.8, 4) is 0 Å². The smallest absolute Gasteiger partial charge is 0.410 e. The fourth-order valence-corrected chi connectivity index (χ4v) is 3.77. The van der Waals surface area contributed by atoms with Crippen LogP contribution < -0.4 is 4.90 Å². The first-order valence-electron chi connectivity index (χ1n) is 9.92. The zero-order chi connectivity index (χ0) is 20.3. The minimum absolute atomic E-state index is 0.00426. The molecule has 0 aliphatic carbocycles. The normalized spacial score (nSPS) is 18.2. The summed E-state index contributed by atoms with van der Waals surface area (Å²) in [5.74, 6) is 0.649. The van der Waals surface area contributed by atoms with Gasteiger partial charge in [-0.1, -0.05) is 11.6 Å². The summed E-state index contributed by atoms with van der Waals surface area (Å²) in [5, 5.41) is 0.466. The molecule has 3 heterocycles. The van der Waals surface area contributed by atoms with Crippen LogP contribution in [0.4, 0.5) is 10.6 Å². The fraction of sp³-hybridized carbons (Fsp3) is 0.650. The van der Waals surface area contributed by atoms with Crippen LogP contribution >= 0.6 is 11.6 Å². The first-order chi connectivity index (χ1) is 13.2. The Hall–Kier alpha value is -2.02. The third-order valence-corrected chi connectivity index (χ3v) is 5.22. The van der Waals surface area contributed by atoms with E-state index in [2.05, 4.69) is 4.98 Å². The number of rotatable bonds is 2. The van der Waals surface area contributed by atoms with Crippen LogP contribution in [0.2, 0.25) is 5.02 Å². The van der Waals surface area contributed by atoms with E-state index >= 15 is 0 Å². The number of carbonyl (C=O) groups is 2. The first kappa shape index (κ1) is 20.7. The van der Waals surface area contributed by atoms with Gasteiger partial charge in [-0.2, -0.15) is 0 Å². The second-order valence-electron chi connectivity index (χ2n) is 8.34. The number of carbonyl (C=O) groups excluding carboxylic acids is 2. The van der Waals surface area contributed by atoms with Crippen LogP contribution in [0.15, 0.2) is 12.3 Å². The molecule has 154 valence electrons. The maximum atomic E-state index is 12.6. The van der Waals surface area contributed by atoms with Gasteiger partial charge in [-0.15, -0.1) is 0 Å². The van der Waals surface area contributed by atoms with E-state index in [4.69, 9.17) is 16.3 Å². The molecule has 2 aliphatic heterocycles. The van der Waals surface area contributed by atoms with Gasteiger partial charge in [0, 0.05) is 45.5 Å². The van der Waals surface area contributed by atoms with Crippen molar-refractivity contribution in [1.29, 1.82) is 0 Å². The Kier molecular flexibility index (Phi) is 6.33. The van der Waals surface area contributed by atoms with Gasteiger partial charge in [0.2, 0.25) is 0 Å². The van der Waals surface area contributed by atoms with Gasteiger partial charge in [0.05, 0.1) is 10.6 Å². The molecule has 0 radical (unpaired) electrons. The molecule has 0 spiro atoms. The second-order valence-corrected chi connectivity index (χ2v) is 8.74. The minimum Gasteiger partial charge on any atom is -0.444 e. The Morgan fingerprint density at radius 2 is 1.64 bits per heavy atom. The molecule has 2 saturated heterocycles. The Labute approximate surface area is 171 Å². The molecule has 0 saturated carbocycles. The number of ether oxygens (including phenoxy) is 1. The molecular formula is C20H29ClN4O3. The summed E-state index contributed by atoms with van der Waals surface area (Å²) in [5.41, 5.74) is 0.0264. The summed E-state index contributed by atoms with van der Waals surface area (Å²) >= 11 is 6.45. The molecule has 2 amide bonds. The molecule has 1 aromatic heterocycles. The molecule has 28 heavy (non-hydrogen) atoms. The predicted molar refractivity (Wildman–Crippen MR) is 109 cm³/mol. The van der Waals surface area contributed by atoms with E-state index in [9.17, 15) is 9.59 Å². The highest BCUT2D eigenvalue weighted by atomic mass is 35.5. The number of piperazine rings is 1. The van der Waals surface area contributed by atoms with Crippen molar-refractivity contribution in [1.82, 2.24) is 14.8 Å². The van der Waals surface area contributed by atoms with Crippen molar-refractivity contribution in [2.24, 2.45) is 0 Å². The Morgan fingerprint density at radius 3 is 2.21 bits per heavy atom. The van der Waals surface area contributed by atoms with E-state index in [1.165, 1.54) is 6.42 Å². The van der Waals surface area contributed by atoms with Crippen LogP contribution in [-0.4, -0.2) is 71.7 Å². The standard InChI is InChI=1S/C20H29ClN4O3/c1-20(2,3)28-19(27)25-11-9-23(10-12-25)17-16(21)13-15(14-22-17)18(26)24-7-5-4-6-8-24/h13-14H,4-12H2,1-3H3. The fourth-order valence-electron chi connectivity index (χ4n) is 3.49. The SMILES string of the molecule is CC(C)(C)OC(=O)N1CCN(c2ncc(C(=O)N3CCCCC3)cc2Cl)CC1. The third-order valence-electron chi connectivity index (χ3n) is 4.94. The minimum atomic E-state index is -0.504. The summed E-state index contributed by atoms with van der Waals surface area (Å²) < 4.78 is 5.43. The molecule has 0 unspecified atom stereocenters. The molecule has 1 aromatic rings. The number of hydrogen-bond acceptors (Lipinski definition) is 5. The van der Waals surface area contributed by atoms with Crippen LogP contribution in [-0.2, 0) is 4.74 Å². The highest BCUT2D eigenvalue weighted by Gasteiger charge is 2.27. The van der Waals surface area contributed by atoms with E-state index in [1.54, 1.807) is 17.2 Å². The van der Waals surface area contributed by atoms with Crippen molar-refractivity contribution in [2.75, 3.05) is 44.2 Å². The van der Waals surface area contributed by atoms with Gasteiger partial charge < -0.3 is 19.4 Å². The van der Waals surface area contributed by atoms with Crippen LogP contribution in [0.5, 0.6) is 0 Å². The number of likely N-dealkylation sites (tertiary alicyclic amines) is 1. The third kappa shape index (κ3) is 5.07. The monoisotopic (exact) mass is 408 g/mol. The highest BCUT2D eigenvalue weighted by Crippen LogP contribution is 2.26. The van der Waals surface area contributed by atoms with Gasteiger partial charge >= 0.3 is 6.09 Å². The lowest BCUT2D eigenvalue weighted by Crippen LogP contribution is -2.50. The molecule has 0 atom stereocenters. The number of pyridine rings is 1. The Balaban J connectivity index is 1.61. The van der Waals surface area contributed by atoms with Crippen LogP contribution in [0.1, 0.15) is 50.4 Å². The van der Waals surface area contributed by atoms with E-state index in [-0.39, 0.29) is 12.0 Å². The molecule has 2 aliphatic rings. The number of anilines is 1. The highest BCUT2D eigenvalue weighted by molar-refractivity contribution is 6.33. The van der Waals surface area contributed by atoms with Crippen molar-refractivity contribution < 1.29 is 14.3 Å². The number of amides is 2. The zero-order valence-electron chi connectivity index (χ0n) is 16.9. The van der Waals surface area contributed by atoms with E-state index in [1.807, 2.05) is 30.6 Å². The van der Waals surface area contributed by atoms with Crippen LogP contribution in [0, 0.1) is 0 Å². The largest absolute Gasteiger partial charge is 0.444 e. The van der Waals surface area contributed by atoms with Gasteiger partial charge in [-0.25, -0.2) is 9.78 Å². The average molecular weight is 409 g/mol. The molecule has 0 N–H and O–H groups in total. The van der Waals surface area contributed by atoms with E-state index in [0.29, 0.717) is 42.6 Å². The summed E-state index contributed by atoms with van der Waals surface area (Å²) in [6.45, 7) is 9.49. The lowest BCUT2D eigenvalue weighted by atomic mass is 10.1. The van der Waals surface area contributed by atoms with Gasteiger partial charge in [0.15, 0.2) is 0 Å². The lowest BCUT2D eigenvalue weighted by Gasteiger charge is -2.36. The van der Waals surface area contributed by atoms with E-state index in [0.717, 1.165) is 25.9 Å². The zero-order valence-corrected chi connectivity index (χ0v) is 17.7. The van der Waals surface area contributed by atoms with Crippen molar-refractivity contribution in [3.05, 3.63) is 22.8 Å². The lowest BCUT2D eigenvalue weighted by molar-refractivity contribution is 0.0240. The molecule has 8 heteroatoms. The topological polar surface area (TPSA) is 66.0 Å².